The normalized spacial score (nSPS) is 31.0. The van der Waals surface area contributed by atoms with E-state index in [4.69, 9.17) is 4.74 Å². The highest BCUT2D eigenvalue weighted by atomic mass is 16.5. The fraction of sp³-hybridized carbons (Fsp3) is 1.00. The molecule has 0 heterocycles. The Morgan fingerprint density at radius 1 is 1.05 bits per heavy atom. The van der Waals surface area contributed by atoms with Crippen LogP contribution in [0.4, 0.5) is 0 Å². The first kappa shape index (κ1) is 17.2. The lowest BCUT2D eigenvalue weighted by molar-refractivity contribution is -0.0459. The van der Waals surface area contributed by atoms with E-state index in [9.17, 15) is 5.11 Å². The summed E-state index contributed by atoms with van der Waals surface area (Å²) in [4.78, 5) is 0. The zero-order valence-corrected chi connectivity index (χ0v) is 14.0. The second-order valence-electron chi connectivity index (χ2n) is 7.38. The lowest BCUT2D eigenvalue weighted by Gasteiger charge is -2.31. The number of nitrogens with one attached hydrogen (secondary N) is 1. The molecule has 4 unspecified atom stereocenters. The van der Waals surface area contributed by atoms with Gasteiger partial charge in [0, 0.05) is 12.6 Å². The minimum Gasteiger partial charge on any atom is -0.389 e. The summed E-state index contributed by atoms with van der Waals surface area (Å²) >= 11 is 0. The van der Waals surface area contributed by atoms with E-state index >= 15 is 0 Å². The quantitative estimate of drug-likeness (QED) is 0.755. The zero-order chi connectivity index (χ0) is 15.1. The van der Waals surface area contributed by atoms with Gasteiger partial charge in [-0.15, -0.1) is 0 Å². The van der Waals surface area contributed by atoms with Crippen LogP contribution in [-0.2, 0) is 4.74 Å². The van der Waals surface area contributed by atoms with E-state index in [-0.39, 0.29) is 6.10 Å². The molecule has 2 rings (SSSR count). The van der Waals surface area contributed by atoms with Crippen molar-refractivity contribution >= 4 is 0 Å². The van der Waals surface area contributed by atoms with Gasteiger partial charge in [-0.2, -0.15) is 0 Å². The van der Waals surface area contributed by atoms with Crippen LogP contribution in [0.5, 0.6) is 0 Å². The Morgan fingerprint density at radius 3 is 2.43 bits per heavy atom. The van der Waals surface area contributed by atoms with Gasteiger partial charge >= 0.3 is 0 Å². The van der Waals surface area contributed by atoms with Crippen molar-refractivity contribution < 1.29 is 9.84 Å². The van der Waals surface area contributed by atoms with E-state index in [1.807, 2.05) is 0 Å². The first-order chi connectivity index (χ1) is 10.2. The Morgan fingerprint density at radius 2 is 1.71 bits per heavy atom. The number of rotatable bonds is 7. The van der Waals surface area contributed by atoms with Gasteiger partial charge < -0.3 is 15.2 Å². The minimum atomic E-state index is -0.370. The topological polar surface area (TPSA) is 41.5 Å². The van der Waals surface area contributed by atoms with Gasteiger partial charge in [0.2, 0.25) is 0 Å². The Bertz CT molecular complexity index is 278. The molecule has 4 atom stereocenters. The molecule has 2 aliphatic carbocycles. The SMILES string of the molecule is CC1CCCCC1OCC(O)CNC(C)C1CCCCC1. The van der Waals surface area contributed by atoms with Crippen molar-refractivity contribution in [2.24, 2.45) is 11.8 Å². The van der Waals surface area contributed by atoms with Gasteiger partial charge in [-0.1, -0.05) is 39.0 Å². The Labute approximate surface area is 130 Å². The summed E-state index contributed by atoms with van der Waals surface area (Å²) in [5.74, 6) is 1.45. The van der Waals surface area contributed by atoms with Crippen LogP contribution in [-0.4, -0.2) is 36.5 Å². The molecule has 2 aliphatic rings. The maximum absolute atomic E-state index is 10.1. The second-order valence-corrected chi connectivity index (χ2v) is 7.38. The van der Waals surface area contributed by atoms with Crippen molar-refractivity contribution in [3.63, 3.8) is 0 Å². The van der Waals surface area contributed by atoms with Gasteiger partial charge in [-0.25, -0.2) is 0 Å². The van der Waals surface area contributed by atoms with Gasteiger partial charge in [0.1, 0.15) is 0 Å². The van der Waals surface area contributed by atoms with E-state index in [0.29, 0.717) is 31.2 Å². The molecular formula is C18H35NO2. The van der Waals surface area contributed by atoms with Gasteiger partial charge in [-0.3, -0.25) is 0 Å². The van der Waals surface area contributed by atoms with E-state index < -0.39 is 0 Å². The smallest absolute Gasteiger partial charge is 0.0897 e. The third-order valence-corrected chi connectivity index (χ3v) is 5.57. The van der Waals surface area contributed by atoms with Crippen molar-refractivity contribution in [2.75, 3.05) is 13.2 Å². The molecule has 21 heavy (non-hydrogen) atoms. The number of hydrogen-bond donors (Lipinski definition) is 2. The van der Waals surface area contributed by atoms with Crippen molar-refractivity contribution in [1.82, 2.24) is 5.32 Å². The highest BCUT2D eigenvalue weighted by Gasteiger charge is 2.23. The van der Waals surface area contributed by atoms with Gasteiger partial charge in [0.15, 0.2) is 0 Å². The van der Waals surface area contributed by atoms with Crippen molar-refractivity contribution in [3.8, 4) is 0 Å². The number of ether oxygens (including phenoxy) is 1. The molecule has 3 nitrogen and oxygen atoms in total. The number of aliphatic hydroxyl groups excluding tert-OH is 1. The molecule has 3 heteroatoms. The van der Waals surface area contributed by atoms with Gasteiger partial charge in [0.05, 0.1) is 18.8 Å². The highest BCUT2D eigenvalue weighted by molar-refractivity contribution is 4.77. The van der Waals surface area contributed by atoms with Crippen molar-refractivity contribution in [1.29, 1.82) is 0 Å². The molecule has 0 bridgehead atoms. The van der Waals surface area contributed by atoms with Crippen LogP contribution in [0.2, 0.25) is 0 Å². The molecular weight excluding hydrogens is 262 g/mol. The largest absolute Gasteiger partial charge is 0.389 e. The third-order valence-electron chi connectivity index (χ3n) is 5.57. The van der Waals surface area contributed by atoms with Crippen molar-refractivity contribution in [2.45, 2.75) is 89.9 Å². The summed E-state index contributed by atoms with van der Waals surface area (Å²) < 4.78 is 5.94. The second kappa shape index (κ2) is 9.12. The molecule has 0 spiro atoms. The molecule has 0 aromatic carbocycles. The van der Waals surface area contributed by atoms with Crippen LogP contribution >= 0.6 is 0 Å². The summed E-state index contributed by atoms with van der Waals surface area (Å²) in [7, 11) is 0. The van der Waals surface area contributed by atoms with E-state index in [2.05, 4.69) is 19.2 Å². The highest BCUT2D eigenvalue weighted by Crippen LogP contribution is 2.27. The van der Waals surface area contributed by atoms with Crippen LogP contribution in [0.1, 0.15) is 71.6 Å². The van der Waals surface area contributed by atoms with E-state index in [1.54, 1.807) is 0 Å². The van der Waals surface area contributed by atoms with Crippen molar-refractivity contribution in [3.05, 3.63) is 0 Å². The van der Waals surface area contributed by atoms with Crippen LogP contribution in [0.25, 0.3) is 0 Å². The number of aliphatic hydroxyl groups is 1. The first-order valence-corrected chi connectivity index (χ1v) is 9.20. The Hall–Kier alpha value is -0.120. The van der Waals surface area contributed by atoms with Crippen LogP contribution < -0.4 is 5.32 Å². The molecule has 2 saturated carbocycles. The predicted molar refractivity (Wildman–Crippen MR) is 87.4 cm³/mol. The summed E-state index contributed by atoms with van der Waals surface area (Å²) in [5.41, 5.74) is 0. The lowest BCUT2D eigenvalue weighted by atomic mass is 9.84. The molecule has 0 radical (unpaired) electrons. The molecule has 2 fully saturated rings. The fourth-order valence-electron chi connectivity index (χ4n) is 3.95. The minimum absolute atomic E-state index is 0.365. The molecule has 0 amide bonds. The Kier molecular flexibility index (Phi) is 7.48. The van der Waals surface area contributed by atoms with Crippen LogP contribution in [0.15, 0.2) is 0 Å². The number of hydrogen-bond acceptors (Lipinski definition) is 3. The lowest BCUT2D eigenvalue weighted by Crippen LogP contribution is -2.41. The summed E-state index contributed by atoms with van der Waals surface area (Å²) in [5, 5.41) is 13.6. The van der Waals surface area contributed by atoms with Crippen LogP contribution in [0.3, 0.4) is 0 Å². The molecule has 0 saturated heterocycles. The average Bonchev–Trinajstić information content (AvgIpc) is 2.52. The average molecular weight is 297 g/mol. The zero-order valence-electron chi connectivity index (χ0n) is 14.0. The molecule has 0 aromatic heterocycles. The monoisotopic (exact) mass is 297 g/mol. The predicted octanol–water partition coefficient (Wildman–Crippen LogP) is 3.50. The van der Waals surface area contributed by atoms with Gasteiger partial charge in [-0.05, 0) is 44.4 Å². The standard InChI is InChI=1S/C18H35NO2/c1-14-8-6-7-11-18(14)21-13-17(20)12-19-15(2)16-9-4-3-5-10-16/h14-20H,3-13H2,1-2H3. The molecule has 2 N–H and O–H groups in total. The van der Waals surface area contributed by atoms with Crippen LogP contribution in [0, 0.1) is 11.8 Å². The van der Waals surface area contributed by atoms with E-state index in [1.165, 1.54) is 57.8 Å². The molecule has 124 valence electrons. The summed E-state index contributed by atoms with van der Waals surface area (Å²) in [6.45, 7) is 5.70. The molecule has 0 aromatic rings. The summed E-state index contributed by atoms with van der Waals surface area (Å²) in [6.07, 6.45) is 11.9. The fourth-order valence-corrected chi connectivity index (χ4v) is 3.95. The molecule has 0 aliphatic heterocycles. The van der Waals surface area contributed by atoms with Gasteiger partial charge in [0.25, 0.3) is 0 Å². The summed E-state index contributed by atoms with van der Waals surface area (Å²) in [6, 6.07) is 0.522. The Balaban J connectivity index is 1.59. The van der Waals surface area contributed by atoms with E-state index in [0.717, 1.165) is 5.92 Å². The maximum atomic E-state index is 10.1. The third kappa shape index (κ3) is 5.88. The first-order valence-electron chi connectivity index (χ1n) is 9.20. The maximum Gasteiger partial charge on any atom is 0.0897 e.